The quantitative estimate of drug-likeness (QED) is 0.610. The van der Waals surface area contributed by atoms with Crippen molar-refractivity contribution in [3.63, 3.8) is 0 Å². The molecule has 7 nitrogen and oxygen atoms in total. The molecule has 2 aromatic carbocycles. The van der Waals surface area contributed by atoms with Gasteiger partial charge in [-0.2, -0.15) is 18.3 Å². The lowest BCUT2D eigenvalue weighted by molar-refractivity contribution is -0.137. The van der Waals surface area contributed by atoms with E-state index in [0.29, 0.717) is 23.2 Å². The zero-order valence-corrected chi connectivity index (χ0v) is 19.2. The van der Waals surface area contributed by atoms with Crippen LogP contribution in [0.3, 0.4) is 0 Å². The van der Waals surface area contributed by atoms with E-state index < -0.39 is 39.2 Å². The van der Waals surface area contributed by atoms with Crippen LogP contribution in [0.4, 0.5) is 18.9 Å². The molecule has 0 aliphatic carbocycles. The van der Waals surface area contributed by atoms with Gasteiger partial charge in [0.1, 0.15) is 6.54 Å². The van der Waals surface area contributed by atoms with Crippen molar-refractivity contribution in [2.45, 2.75) is 23.9 Å². The number of halogens is 4. The number of carbonyl (C=O) groups excluding carboxylic acids is 1. The van der Waals surface area contributed by atoms with Gasteiger partial charge >= 0.3 is 6.18 Å². The van der Waals surface area contributed by atoms with Gasteiger partial charge < -0.3 is 4.90 Å². The molecule has 1 heterocycles. The number of amides is 1. The molecule has 0 bridgehead atoms. The maximum Gasteiger partial charge on any atom is 0.417 e. The molecule has 0 unspecified atom stereocenters. The van der Waals surface area contributed by atoms with E-state index in [2.05, 4.69) is 15.4 Å². The largest absolute Gasteiger partial charge is 0.417 e. The van der Waals surface area contributed by atoms with Gasteiger partial charge in [-0.3, -0.25) is 9.10 Å². The summed E-state index contributed by atoms with van der Waals surface area (Å²) in [5.41, 5.74) is 1.52. The Kier molecular flexibility index (Phi) is 7.65. The first-order valence-electron chi connectivity index (χ1n) is 9.96. The minimum absolute atomic E-state index is 0.178. The highest BCUT2D eigenvalue weighted by Gasteiger charge is 2.35. The van der Waals surface area contributed by atoms with Gasteiger partial charge in [-0.1, -0.05) is 29.8 Å². The Hall–Kier alpha value is -2.63. The Labute approximate surface area is 194 Å². The van der Waals surface area contributed by atoms with E-state index in [0.717, 1.165) is 30.9 Å². The third-order valence-electron chi connectivity index (χ3n) is 5.06. The molecule has 33 heavy (non-hydrogen) atoms. The van der Waals surface area contributed by atoms with Gasteiger partial charge in [0.15, 0.2) is 0 Å². The van der Waals surface area contributed by atoms with Gasteiger partial charge in [0.2, 0.25) is 0 Å². The summed E-state index contributed by atoms with van der Waals surface area (Å²) in [6.45, 7) is 0.773. The van der Waals surface area contributed by atoms with Gasteiger partial charge in [0.05, 0.1) is 21.2 Å². The minimum atomic E-state index is -4.81. The Bertz CT molecular complexity index is 1130. The summed E-state index contributed by atoms with van der Waals surface area (Å²) in [5, 5.41) is 3.48. The second-order valence-electron chi connectivity index (χ2n) is 7.50. The van der Waals surface area contributed by atoms with Crippen LogP contribution in [0, 0.1) is 0 Å². The van der Waals surface area contributed by atoms with Crippen molar-refractivity contribution >= 4 is 38.9 Å². The number of likely N-dealkylation sites (tertiary alicyclic amines) is 1. The number of hydrogen-bond acceptors (Lipinski definition) is 5. The third kappa shape index (κ3) is 6.24. The van der Waals surface area contributed by atoms with Crippen molar-refractivity contribution in [1.29, 1.82) is 0 Å². The van der Waals surface area contributed by atoms with Crippen molar-refractivity contribution in [1.82, 2.24) is 10.3 Å². The fraction of sp³-hybridized carbons (Fsp3) is 0.333. The first kappa shape index (κ1) is 25.0. The fourth-order valence-electron chi connectivity index (χ4n) is 3.22. The Morgan fingerprint density at radius 3 is 2.39 bits per heavy atom. The molecule has 0 atom stereocenters. The minimum Gasteiger partial charge on any atom is -0.306 e. The van der Waals surface area contributed by atoms with Crippen LogP contribution in [0.2, 0.25) is 5.02 Å². The van der Waals surface area contributed by atoms with E-state index in [1.807, 2.05) is 7.05 Å². The highest BCUT2D eigenvalue weighted by molar-refractivity contribution is 7.92. The molecule has 1 N–H and O–H groups in total. The molecule has 1 aliphatic rings. The van der Waals surface area contributed by atoms with E-state index >= 15 is 0 Å². The van der Waals surface area contributed by atoms with Gasteiger partial charge in [0.25, 0.3) is 15.9 Å². The van der Waals surface area contributed by atoms with Crippen LogP contribution < -0.4 is 9.73 Å². The number of hydrogen-bond donors (Lipinski definition) is 1. The summed E-state index contributed by atoms with van der Waals surface area (Å²) in [6, 6.07) is 9.80. The maximum absolute atomic E-state index is 13.4. The zero-order valence-electron chi connectivity index (χ0n) is 17.6. The van der Waals surface area contributed by atoms with Crippen LogP contribution in [-0.2, 0) is 21.0 Å². The van der Waals surface area contributed by atoms with Crippen molar-refractivity contribution in [3.8, 4) is 0 Å². The second kappa shape index (κ2) is 10.1. The number of nitrogens with zero attached hydrogens (tertiary/aromatic N) is 3. The van der Waals surface area contributed by atoms with Gasteiger partial charge in [0, 0.05) is 31.6 Å². The standard InChI is InChI=1S/C21H22ClF3N4O3S/c1-28-11-9-15(10-12-28)26-27-20(30)14-29(33(31,32)17-5-3-2-4-6-17)16-7-8-19(22)18(13-16)21(23,24)25/h2-8,13H,9-12,14H2,1H3,(H,27,30). The van der Waals surface area contributed by atoms with Crippen LogP contribution in [0.25, 0.3) is 0 Å². The molecular weight excluding hydrogens is 481 g/mol. The third-order valence-corrected chi connectivity index (χ3v) is 7.18. The lowest BCUT2D eigenvalue weighted by Gasteiger charge is -2.25. The molecular formula is C21H22ClF3N4O3S. The lowest BCUT2D eigenvalue weighted by Crippen LogP contribution is -2.40. The number of hydrazone groups is 1. The number of alkyl halides is 3. The zero-order chi connectivity index (χ0) is 24.2. The Morgan fingerprint density at radius 2 is 1.79 bits per heavy atom. The molecule has 12 heteroatoms. The average molecular weight is 503 g/mol. The van der Waals surface area contributed by atoms with Crippen LogP contribution in [0.1, 0.15) is 18.4 Å². The smallest absolute Gasteiger partial charge is 0.306 e. The molecule has 3 rings (SSSR count). The van der Waals surface area contributed by atoms with Crippen LogP contribution in [-0.4, -0.2) is 51.6 Å². The number of piperidine rings is 1. The second-order valence-corrected chi connectivity index (χ2v) is 9.77. The highest BCUT2D eigenvalue weighted by Crippen LogP contribution is 2.37. The first-order valence-corrected chi connectivity index (χ1v) is 11.8. The normalized spacial score (nSPS) is 15.2. The molecule has 1 aliphatic heterocycles. The molecule has 1 saturated heterocycles. The van der Waals surface area contributed by atoms with E-state index in [9.17, 15) is 26.4 Å². The van der Waals surface area contributed by atoms with E-state index in [1.165, 1.54) is 24.3 Å². The first-order chi connectivity index (χ1) is 15.5. The monoisotopic (exact) mass is 502 g/mol. The van der Waals surface area contributed by atoms with Gasteiger partial charge in [-0.15, -0.1) is 0 Å². The van der Waals surface area contributed by atoms with Crippen molar-refractivity contribution in [2.24, 2.45) is 5.10 Å². The molecule has 0 spiro atoms. The molecule has 0 aromatic heterocycles. The topological polar surface area (TPSA) is 82.1 Å². The maximum atomic E-state index is 13.4. The highest BCUT2D eigenvalue weighted by atomic mass is 35.5. The van der Waals surface area contributed by atoms with Crippen LogP contribution in [0.15, 0.2) is 58.5 Å². The van der Waals surface area contributed by atoms with Crippen molar-refractivity contribution < 1.29 is 26.4 Å². The molecule has 0 saturated carbocycles. The van der Waals surface area contributed by atoms with Gasteiger partial charge in [-0.25, -0.2) is 13.8 Å². The summed E-state index contributed by atoms with van der Waals surface area (Å²) in [5.74, 6) is -0.788. The molecule has 178 valence electrons. The van der Waals surface area contributed by atoms with Gasteiger partial charge in [-0.05, 0) is 37.4 Å². The predicted molar refractivity (Wildman–Crippen MR) is 120 cm³/mol. The Morgan fingerprint density at radius 1 is 1.15 bits per heavy atom. The molecule has 2 aromatic rings. The van der Waals surface area contributed by atoms with E-state index in [1.54, 1.807) is 6.07 Å². The summed E-state index contributed by atoms with van der Waals surface area (Å²) in [7, 11) is -2.41. The number of rotatable bonds is 6. The van der Waals surface area contributed by atoms with Crippen LogP contribution >= 0.6 is 11.6 Å². The molecule has 0 radical (unpaired) electrons. The average Bonchev–Trinajstić information content (AvgIpc) is 2.77. The molecule has 1 fully saturated rings. The van der Waals surface area contributed by atoms with E-state index in [-0.39, 0.29) is 10.6 Å². The summed E-state index contributed by atoms with van der Waals surface area (Å²) >= 11 is 5.68. The summed E-state index contributed by atoms with van der Waals surface area (Å²) in [4.78, 5) is 14.5. The Balaban J connectivity index is 1.93. The number of benzene rings is 2. The van der Waals surface area contributed by atoms with Crippen LogP contribution in [0.5, 0.6) is 0 Å². The summed E-state index contributed by atoms with van der Waals surface area (Å²) < 4.78 is 67.2. The lowest BCUT2D eigenvalue weighted by atomic mass is 10.1. The number of nitrogens with one attached hydrogen (secondary N) is 1. The number of sulfonamides is 1. The molecule has 1 amide bonds. The van der Waals surface area contributed by atoms with Crippen molar-refractivity contribution in [3.05, 3.63) is 59.1 Å². The van der Waals surface area contributed by atoms with E-state index in [4.69, 9.17) is 11.6 Å². The fourth-order valence-corrected chi connectivity index (χ4v) is 4.87. The number of carbonyl (C=O) groups is 1. The summed E-state index contributed by atoms with van der Waals surface area (Å²) in [6.07, 6.45) is -3.51. The number of anilines is 1. The van der Waals surface area contributed by atoms with Crippen molar-refractivity contribution in [2.75, 3.05) is 31.0 Å². The SMILES string of the molecule is CN1CCC(=NNC(=O)CN(c2ccc(Cl)c(C(F)(F)F)c2)S(=O)(=O)c2ccccc2)CC1. The predicted octanol–water partition coefficient (Wildman–Crippen LogP) is 3.75.